The van der Waals surface area contributed by atoms with Crippen LogP contribution in [0.2, 0.25) is 0 Å². The maximum atomic E-state index is 12.4. The predicted molar refractivity (Wildman–Crippen MR) is 95.4 cm³/mol. The van der Waals surface area contributed by atoms with Gasteiger partial charge in [0.1, 0.15) is 17.7 Å². The van der Waals surface area contributed by atoms with Crippen molar-refractivity contribution >= 4 is 33.8 Å². The van der Waals surface area contributed by atoms with E-state index in [0.29, 0.717) is 16.7 Å². The van der Waals surface area contributed by atoms with Crippen molar-refractivity contribution < 1.29 is 23.5 Å². The van der Waals surface area contributed by atoms with Gasteiger partial charge < -0.3 is 19.3 Å². The first-order valence-corrected chi connectivity index (χ1v) is 8.21. The Balaban J connectivity index is 2.00. The zero-order valence-electron chi connectivity index (χ0n) is 14.8. The zero-order chi connectivity index (χ0) is 19.0. The second-order valence-corrected chi connectivity index (χ2v) is 6.34. The van der Waals surface area contributed by atoms with Crippen LogP contribution in [0.3, 0.4) is 0 Å². The molecule has 1 amide bonds. The molecule has 7 heteroatoms. The van der Waals surface area contributed by atoms with Crippen LogP contribution in [0.4, 0.5) is 0 Å². The molecule has 7 nitrogen and oxygen atoms in total. The molecule has 3 aromatic rings. The molecule has 136 valence electrons. The Hall–Kier alpha value is -3.09. The number of carbonyl (C=O) groups is 2. The lowest BCUT2D eigenvalue weighted by Crippen LogP contribution is -2.29. The number of benzene rings is 1. The molecule has 0 atom stereocenters. The van der Waals surface area contributed by atoms with E-state index in [4.69, 9.17) is 13.9 Å². The summed E-state index contributed by atoms with van der Waals surface area (Å²) in [5.74, 6) is -1.54. The van der Waals surface area contributed by atoms with Gasteiger partial charge >= 0.3 is 11.6 Å². The second kappa shape index (κ2) is 6.67. The molecule has 0 spiro atoms. The third-order valence-corrected chi connectivity index (χ3v) is 4.57. The minimum atomic E-state index is -1.12. The quantitative estimate of drug-likeness (QED) is 0.679. The van der Waals surface area contributed by atoms with E-state index in [1.807, 2.05) is 26.8 Å². The summed E-state index contributed by atoms with van der Waals surface area (Å²) in [4.78, 5) is 34.6. The van der Waals surface area contributed by atoms with Gasteiger partial charge in [0.15, 0.2) is 0 Å². The average molecular weight is 357 g/mol. The van der Waals surface area contributed by atoms with Crippen LogP contribution in [0, 0.1) is 20.8 Å². The standard InChI is InChI=1S/C19H19NO6/c1-9-8-25-17-11(3)18-14(6-13(9)17)10(2)12(19(24)26-18)4-5-15(21)20-7-16(22)23/h6,8H,4-5,7H2,1-3H3,(H,20,21)(H,22,23). The third kappa shape index (κ3) is 3.08. The summed E-state index contributed by atoms with van der Waals surface area (Å²) in [6.07, 6.45) is 1.85. The Morgan fingerprint density at radius 2 is 1.85 bits per heavy atom. The molecule has 0 aliphatic rings. The van der Waals surface area contributed by atoms with Gasteiger partial charge in [0, 0.05) is 28.3 Å². The number of carboxylic acids is 1. The number of aryl methyl sites for hydroxylation is 3. The van der Waals surface area contributed by atoms with Gasteiger partial charge in [-0.15, -0.1) is 0 Å². The summed E-state index contributed by atoms with van der Waals surface area (Å²) in [6, 6.07) is 1.93. The van der Waals surface area contributed by atoms with Gasteiger partial charge in [0.25, 0.3) is 0 Å². The topological polar surface area (TPSA) is 110 Å². The van der Waals surface area contributed by atoms with Crippen LogP contribution >= 0.6 is 0 Å². The summed E-state index contributed by atoms with van der Waals surface area (Å²) in [5.41, 5.74) is 3.61. The van der Waals surface area contributed by atoms with Crippen LogP contribution in [0.1, 0.15) is 28.7 Å². The van der Waals surface area contributed by atoms with Gasteiger partial charge in [-0.3, -0.25) is 9.59 Å². The molecule has 2 heterocycles. The van der Waals surface area contributed by atoms with E-state index in [9.17, 15) is 14.4 Å². The fourth-order valence-electron chi connectivity index (χ4n) is 3.11. The number of carbonyl (C=O) groups excluding carboxylic acids is 1. The minimum Gasteiger partial charge on any atom is -0.480 e. The first-order valence-electron chi connectivity index (χ1n) is 8.21. The first kappa shape index (κ1) is 17.7. The van der Waals surface area contributed by atoms with Crippen molar-refractivity contribution in [3.05, 3.63) is 45.0 Å². The highest BCUT2D eigenvalue weighted by molar-refractivity contribution is 5.99. The fraction of sp³-hybridized carbons (Fsp3) is 0.316. The molecule has 0 saturated carbocycles. The highest BCUT2D eigenvalue weighted by Crippen LogP contribution is 2.32. The van der Waals surface area contributed by atoms with Crippen LogP contribution < -0.4 is 10.9 Å². The maximum absolute atomic E-state index is 12.4. The number of carboxylic acid groups (broad SMARTS) is 1. The van der Waals surface area contributed by atoms with E-state index in [1.54, 1.807) is 6.26 Å². The van der Waals surface area contributed by atoms with Crippen LogP contribution in [0.25, 0.3) is 21.9 Å². The number of fused-ring (bicyclic) bond motifs is 2. The Morgan fingerprint density at radius 3 is 2.54 bits per heavy atom. The zero-order valence-corrected chi connectivity index (χ0v) is 14.8. The van der Waals surface area contributed by atoms with Crippen molar-refractivity contribution in [1.29, 1.82) is 0 Å². The molecule has 0 saturated heterocycles. The molecule has 2 aromatic heterocycles. The number of hydrogen-bond acceptors (Lipinski definition) is 5. The van der Waals surface area contributed by atoms with E-state index in [1.165, 1.54) is 0 Å². The normalized spacial score (nSPS) is 11.2. The largest absolute Gasteiger partial charge is 0.480 e. The lowest BCUT2D eigenvalue weighted by Gasteiger charge is -2.10. The van der Waals surface area contributed by atoms with Gasteiger partial charge in [0.2, 0.25) is 5.91 Å². The van der Waals surface area contributed by atoms with E-state index in [2.05, 4.69) is 5.32 Å². The Morgan fingerprint density at radius 1 is 1.12 bits per heavy atom. The van der Waals surface area contributed by atoms with E-state index in [0.717, 1.165) is 27.5 Å². The third-order valence-electron chi connectivity index (χ3n) is 4.57. The molecule has 2 N–H and O–H groups in total. The van der Waals surface area contributed by atoms with Crippen LogP contribution in [-0.2, 0) is 16.0 Å². The van der Waals surface area contributed by atoms with Gasteiger partial charge in [-0.25, -0.2) is 4.79 Å². The molecule has 3 rings (SSSR count). The molecule has 0 fully saturated rings. The number of furan rings is 1. The lowest BCUT2D eigenvalue weighted by atomic mass is 9.98. The molecular weight excluding hydrogens is 338 g/mol. The van der Waals surface area contributed by atoms with Crippen molar-refractivity contribution in [2.24, 2.45) is 0 Å². The summed E-state index contributed by atoms with van der Waals surface area (Å²) >= 11 is 0. The number of amides is 1. The SMILES string of the molecule is Cc1coc2c(C)c3oc(=O)c(CCC(=O)NCC(=O)O)c(C)c3cc12. The van der Waals surface area contributed by atoms with Crippen LogP contribution in [0.15, 0.2) is 26.0 Å². The number of nitrogens with one attached hydrogen (secondary N) is 1. The number of aliphatic carboxylic acids is 1. The van der Waals surface area contributed by atoms with E-state index in [-0.39, 0.29) is 12.8 Å². The first-order chi connectivity index (χ1) is 12.3. The van der Waals surface area contributed by atoms with Crippen molar-refractivity contribution in [2.75, 3.05) is 6.54 Å². The van der Waals surface area contributed by atoms with Gasteiger partial charge in [-0.2, -0.15) is 0 Å². The van der Waals surface area contributed by atoms with Crippen molar-refractivity contribution in [3.8, 4) is 0 Å². The molecule has 0 aliphatic heterocycles. The molecule has 1 aromatic carbocycles. The monoisotopic (exact) mass is 357 g/mol. The van der Waals surface area contributed by atoms with Gasteiger partial charge in [-0.05, 0) is 44.4 Å². The van der Waals surface area contributed by atoms with E-state index < -0.39 is 24.0 Å². The molecule has 0 bridgehead atoms. The highest BCUT2D eigenvalue weighted by atomic mass is 16.4. The fourth-order valence-corrected chi connectivity index (χ4v) is 3.11. The van der Waals surface area contributed by atoms with Crippen molar-refractivity contribution in [1.82, 2.24) is 5.32 Å². The predicted octanol–water partition coefficient (Wildman–Crippen LogP) is 2.60. The highest BCUT2D eigenvalue weighted by Gasteiger charge is 2.18. The molecule has 0 radical (unpaired) electrons. The minimum absolute atomic E-state index is 0.0103. The summed E-state index contributed by atoms with van der Waals surface area (Å²) < 4.78 is 11.1. The van der Waals surface area contributed by atoms with Crippen molar-refractivity contribution in [2.45, 2.75) is 33.6 Å². The summed E-state index contributed by atoms with van der Waals surface area (Å²) in [5, 5.41) is 12.6. The summed E-state index contributed by atoms with van der Waals surface area (Å²) in [7, 11) is 0. The average Bonchev–Trinajstić information content (AvgIpc) is 2.95. The Bertz CT molecular complexity index is 1090. The molecular formula is C19H19NO6. The molecule has 26 heavy (non-hydrogen) atoms. The maximum Gasteiger partial charge on any atom is 0.339 e. The number of rotatable bonds is 5. The number of hydrogen-bond donors (Lipinski definition) is 2. The smallest absolute Gasteiger partial charge is 0.339 e. The van der Waals surface area contributed by atoms with Gasteiger partial charge in [-0.1, -0.05) is 0 Å². The lowest BCUT2D eigenvalue weighted by molar-refractivity contribution is -0.137. The Labute approximate surface area is 148 Å². The Kier molecular flexibility index (Phi) is 4.54. The van der Waals surface area contributed by atoms with Gasteiger partial charge in [0.05, 0.1) is 6.26 Å². The molecule has 0 aliphatic carbocycles. The summed E-state index contributed by atoms with van der Waals surface area (Å²) in [6.45, 7) is 5.17. The van der Waals surface area contributed by atoms with Crippen molar-refractivity contribution in [3.63, 3.8) is 0 Å². The molecule has 0 unspecified atom stereocenters. The van der Waals surface area contributed by atoms with Crippen LogP contribution in [0.5, 0.6) is 0 Å². The second-order valence-electron chi connectivity index (χ2n) is 6.34. The van der Waals surface area contributed by atoms with E-state index >= 15 is 0 Å². The van der Waals surface area contributed by atoms with Crippen LogP contribution in [-0.4, -0.2) is 23.5 Å².